The molecule has 0 spiro atoms. The molecular weight excluding hydrogens is 833 g/mol. The van der Waals surface area contributed by atoms with Crippen LogP contribution in [-0.4, -0.2) is 26.4 Å². The molecule has 4 heteroatoms. The van der Waals surface area contributed by atoms with Crippen molar-refractivity contribution in [3.63, 3.8) is 0 Å². The third kappa shape index (κ3) is 6.63. The van der Waals surface area contributed by atoms with Crippen molar-refractivity contribution in [3.8, 4) is 106 Å². The first kappa shape index (κ1) is 41.6. The molecule has 0 saturated carbocycles. The summed E-state index contributed by atoms with van der Waals surface area (Å²) in [6.45, 7) is 0.577. The van der Waals surface area contributed by atoms with Crippen molar-refractivity contribution in [2.45, 2.75) is 11.3 Å². The van der Waals surface area contributed by atoms with Crippen molar-refractivity contribution in [3.05, 3.63) is 215 Å². The molecule has 1 atom stereocenters. The Morgan fingerprint density at radius 1 is 0.382 bits per heavy atom. The van der Waals surface area contributed by atoms with E-state index in [2.05, 4.69) is 163 Å². The molecule has 9 aromatic rings. The fraction of sp³-hybridized carbons (Fsp3) is 0.0938. The SMILES string of the molecule is C#CCOc1ccc2c(C3c4ccccc4-c4cccc(-c5ccc(C6(c7ccc(OCC#C)c8cc(OCC#C)ccc78)c7ccccc7-c7ccccc76)cc5)c43)ccc(OCC#C)c2c1. The summed E-state index contributed by atoms with van der Waals surface area (Å²) in [5.74, 6) is 13.0. The zero-order chi connectivity index (χ0) is 46.2. The Labute approximate surface area is 397 Å². The van der Waals surface area contributed by atoms with Crippen LogP contribution in [0.15, 0.2) is 176 Å². The summed E-state index contributed by atoms with van der Waals surface area (Å²) in [6, 6.07) is 62.8. The van der Waals surface area contributed by atoms with E-state index >= 15 is 0 Å². The lowest BCUT2D eigenvalue weighted by molar-refractivity contribution is 0.368. The van der Waals surface area contributed by atoms with E-state index in [4.69, 9.17) is 44.6 Å². The van der Waals surface area contributed by atoms with Gasteiger partial charge >= 0.3 is 0 Å². The van der Waals surface area contributed by atoms with Gasteiger partial charge in [-0.25, -0.2) is 0 Å². The Hall–Kier alpha value is -9.06. The first-order valence-corrected chi connectivity index (χ1v) is 22.5. The van der Waals surface area contributed by atoms with Crippen LogP contribution < -0.4 is 18.9 Å². The number of hydrogen-bond donors (Lipinski definition) is 0. The zero-order valence-corrected chi connectivity index (χ0v) is 37.1. The van der Waals surface area contributed by atoms with Gasteiger partial charge < -0.3 is 18.9 Å². The maximum atomic E-state index is 6.20. The van der Waals surface area contributed by atoms with Crippen LogP contribution in [0.2, 0.25) is 0 Å². The van der Waals surface area contributed by atoms with Gasteiger partial charge in [0.1, 0.15) is 49.4 Å². The van der Waals surface area contributed by atoms with E-state index in [1.807, 2.05) is 36.4 Å². The molecule has 4 nitrogen and oxygen atoms in total. The van der Waals surface area contributed by atoms with Gasteiger partial charge in [-0.2, -0.15) is 0 Å². The van der Waals surface area contributed by atoms with Crippen LogP contribution in [-0.2, 0) is 5.41 Å². The molecule has 0 bridgehead atoms. The average Bonchev–Trinajstić information content (AvgIpc) is 3.89. The smallest absolute Gasteiger partial charge is 0.148 e. The van der Waals surface area contributed by atoms with Crippen LogP contribution in [0.1, 0.15) is 44.9 Å². The highest BCUT2D eigenvalue weighted by atomic mass is 16.5. The predicted molar refractivity (Wildman–Crippen MR) is 274 cm³/mol. The molecule has 1 unspecified atom stereocenters. The van der Waals surface area contributed by atoms with E-state index in [1.54, 1.807) is 0 Å². The summed E-state index contributed by atoms with van der Waals surface area (Å²) in [5, 5.41) is 3.85. The molecule has 0 fully saturated rings. The number of rotatable bonds is 12. The van der Waals surface area contributed by atoms with Gasteiger partial charge in [0.15, 0.2) is 0 Å². The molecule has 0 saturated heterocycles. The summed E-state index contributed by atoms with van der Waals surface area (Å²) >= 11 is 0. The largest absolute Gasteiger partial charge is 0.481 e. The van der Waals surface area contributed by atoms with Crippen LogP contribution >= 0.6 is 0 Å². The van der Waals surface area contributed by atoms with Crippen LogP contribution in [0.4, 0.5) is 0 Å². The van der Waals surface area contributed by atoms with Crippen molar-refractivity contribution in [2.75, 3.05) is 26.4 Å². The number of terminal acetylenes is 4. The lowest BCUT2D eigenvalue weighted by Gasteiger charge is -2.35. The zero-order valence-electron chi connectivity index (χ0n) is 37.1. The molecule has 0 amide bonds. The standard InChI is InChI=1S/C64H42O4/c1-5-36-65-44-28-30-48-54(32-34-60(55(48)40-44)67-38-7-3)63-52-19-10-9-16-47(52)53-21-15-20-46(62(53)63)42-24-26-43(27-25-42)64(57-22-13-11-17-49(57)50-18-12-14-23-58(50)64)59-33-35-61(68-39-8-4)56-41-45(66-37-6-2)29-31-51(56)59/h1-4,9-35,40-41,63H,36-39H2. The fourth-order valence-corrected chi connectivity index (χ4v) is 10.9. The lowest BCUT2D eigenvalue weighted by atomic mass is 9.66. The van der Waals surface area contributed by atoms with Gasteiger partial charge in [0, 0.05) is 16.7 Å². The Balaban J connectivity index is 1.11. The van der Waals surface area contributed by atoms with Crippen LogP contribution in [0.3, 0.4) is 0 Å². The Bertz CT molecular complexity index is 3600. The van der Waals surface area contributed by atoms with Gasteiger partial charge in [-0.05, 0) is 119 Å². The lowest BCUT2D eigenvalue weighted by Crippen LogP contribution is -2.29. The summed E-state index contributed by atoms with van der Waals surface area (Å²) < 4.78 is 24.2. The molecule has 0 radical (unpaired) electrons. The Kier molecular flexibility index (Phi) is 10.6. The van der Waals surface area contributed by atoms with E-state index in [9.17, 15) is 0 Å². The molecular formula is C64H42O4. The van der Waals surface area contributed by atoms with Crippen LogP contribution in [0.25, 0.3) is 54.9 Å². The molecule has 0 aromatic heterocycles. The van der Waals surface area contributed by atoms with Crippen LogP contribution in [0.5, 0.6) is 23.0 Å². The number of fused-ring (bicyclic) bond motifs is 8. The third-order valence-electron chi connectivity index (χ3n) is 13.4. The van der Waals surface area contributed by atoms with Gasteiger partial charge in [-0.15, -0.1) is 25.7 Å². The predicted octanol–water partition coefficient (Wildman–Crippen LogP) is 13.2. The number of ether oxygens (including phenoxy) is 4. The second kappa shape index (κ2) is 17.4. The van der Waals surface area contributed by atoms with E-state index in [-0.39, 0.29) is 32.3 Å². The average molecular weight is 875 g/mol. The maximum Gasteiger partial charge on any atom is 0.148 e. The normalized spacial score (nSPS) is 13.4. The highest BCUT2D eigenvalue weighted by molar-refractivity contribution is 5.99. The Morgan fingerprint density at radius 3 is 1.53 bits per heavy atom. The van der Waals surface area contributed by atoms with E-state index in [0.29, 0.717) is 23.0 Å². The van der Waals surface area contributed by atoms with Crippen molar-refractivity contribution >= 4 is 21.5 Å². The van der Waals surface area contributed by atoms with Gasteiger partial charge in [-0.3, -0.25) is 0 Å². The molecule has 11 rings (SSSR count). The summed E-state index contributed by atoms with van der Waals surface area (Å²) in [4.78, 5) is 0. The quantitative estimate of drug-likeness (QED) is 0.115. The molecule has 0 heterocycles. The van der Waals surface area contributed by atoms with Gasteiger partial charge in [-0.1, -0.05) is 163 Å². The molecule has 0 aliphatic heterocycles. The second-order valence-electron chi connectivity index (χ2n) is 16.9. The number of benzene rings is 9. The first-order valence-electron chi connectivity index (χ1n) is 22.5. The van der Waals surface area contributed by atoms with Gasteiger partial charge in [0.05, 0.1) is 5.41 Å². The van der Waals surface area contributed by atoms with E-state index in [1.165, 1.54) is 44.5 Å². The van der Waals surface area contributed by atoms with E-state index in [0.717, 1.165) is 49.4 Å². The first-order chi connectivity index (χ1) is 33.6. The number of hydrogen-bond acceptors (Lipinski definition) is 4. The highest BCUT2D eigenvalue weighted by Crippen LogP contribution is 2.59. The van der Waals surface area contributed by atoms with Crippen LogP contribution in [0, 0.1) is 49.4 Å². The maximum absolute atomic E-state index is 6.20. The minimum atomic E-state index is -0.710. The van der Waals surface area contributed by atoms with Crippen molar-refractivity contribution < 1.29 is 18.9 Å². The molecule has 68 heavy (non-hydrogen) atoms. The highest BCUT2D eigenvalue weighted by Gasteiger charge is 2.47. The molecule has 9 aromatic carbocycles. The fourth-order valence-electron chi connectivity index (χ4n) is 10.9. The van der Waals surface area contributed by atoms with E-state index < -0.39 is 5.41 Å². The molecule has 2 aliphatic rings. The molecule has 322 valence electrons. The third-order valence-corrected chi connectivity index (χ3v) is 13.4. The molecule has 2 aliphatic carbocycles. The summed E-state index contributed by atoms with van der Waals surface area (Å²) in [5.41, 5.74) is 14.7. The second-order valence-corrected chi connectivity index (χ2v) is 16.9. The minimum Gasteiger partial charge on any atom is -0.481 e. The van der Waals surface area contributed by atoms with Crippen molar-refractivity contribution in [1.29, 1.82) is 0 Å². The Morgan fingerprint density at radius 2 is 0.897 bits per heavy atom. The van der Waals surface area contributed by atoms with Gasteiger partial charge in [0.2, 0.25) is 0 Å². The van der Waals surface area contributed by atoms with Crippen molar-refractivity contribution in [1.82, 2.24) is 0 Å². The van der Waals surface area contributed by atoms with Gasteiger partial charge in [0.25, 0.3) is 0 Å². The summed E-state index contributed by atoms with van der Waals surface area (Å²) in [7, 11) is 0. The monoisotopic (exact) mass is 874 g/mol. The van der Waals surface area contributed by atoms with Crippen molar-refractivity contribution in [2.24, 2.45) is 0 Å². The summed E-state index contributed by atoms with van der Waals surface area (Å²) in [6.07, 6.45) is 22.6. The topological polar surface area (TPSA) is 36.9 Å². The molecule has 0 N–H and O–H groups in total. The minimum absolute atomic E-state index is 0.0882.